The van der Waals surface area contributed by atoms with Crippen molar-refractivity contribution in [3.05, 3.63) is 34.9 Å². The van der Waals surface area contributed by atoms with Crippen molar-refractivity contribution < 1.29 is 8.42 Å². The molecule has 2 saturated heterocycles. The van der Waals surface area contributed by atoms with Gasteiger partial charge in [0, 0.05) is 24.2 Å². The van der Waals surface area contributed by atoms with E-state index in [9.17, 15) is 8.42 Å². The Hall–Kier alpha value is -0.620. The van der Waals surface area contributed by atoms with Crippen LogP contribution in [0.2, 0.25) is 5.02 Å². The molecule has 0 bridgehead atoms. The first-order valence-corrected chi connectivity index (χ1v) is 9.50. The molecule has 2 heterocycles. The lowest BCUT2D eigenvalue weighted by atomic mass is 10.2. The van der Waals surface area contributed by atoms with Crippen LogP contribution >= 0.6 is 11.6 Å². The van der Waals surface area contributed by atoms with Gasteiger partial charge in [-0.3, -0.25) is 4.90 Å². The van der Waals surface area contributed by atoms with Crippen LogP contribution in [0.5, 0.6) is 0 Å². The van der Waals surface area contributed by atoms with Crippen LogP contribution < -0.4 is 0 Å². The number of fused-ring (bicyclic) bond motifs is 1. The number of halogens is 1. The Kier molecular flexibility index (Phi) is 4.54. The van der Waals surface area contributed by atoms with Crippen molar-refractivity contribution in [2.45, 2.75) is 31.1 Å². The van der Waals surface area contributed by atoms with Crippen LogP contribution in [0.1, 0.15) is 24.8 Å². The van der Waals surface area contributed by atoms with E-state index in [1.807, 2.05) is 12.1 Å². The lowest BCUT2D eigenvalue weighted by Crippen LogP contribution is -2.40. The molecule has 3 rings (SSSR count). The van der Waals surface area contributed by atoms with Gasteiger partial charge in [-0.1, -0.05) is 29.8 Å². The molecule has 6 heteroatoms. The van der Waals surface area contributed by atoms with E-state index in [4.69, 9.17) is 11.6 Å². The summed E-state index contributed by atoms with van der Waals surface area (Å²) in [5, 5.41) is 0.526. The summed E-state index contributed by atoms with van der Waals surface area (Å²) in [4.78, 5) is 2.44. The fraction of sp³-hybridized carbons (Fsp3) is 0.600. The third-order valence-electron chi connectivity index (χ3n) is 4.46. The highest BCUT2D eigenvalue weighted by molar-refractivity contribution is 7.88. The molecule has 0 saturated carbocycles. The van der Waals surface area contributed by atoms with Gasteiger partial charge in [0.05, 0.1) is 5.75 Å². The Balaban J connectivity index is 1.76. The molecule has 4 nitrogen and oxygen atoms in total. The average molecular weight is 329 g/mol. The van der Waals surface area contributed by atoms with Gasteiger partial charge < -0.3 is 0 Å². The summed E-state index contributed by atoms with van der Waals surface area (Å²) in [6.45, 7) is 3.39. The second kappa shape index (κ2) is 6.24. The second-order valence-corrected chi connectivity index (χ2v) is 8.27. The van der Waals surface area contributed by atoms with E-state index in [0.29, 0.717) is 29.7 Å². The summed E-state index contributed by atoms with van der Waals surface area (Å²) in [5.74, 6) is -0.000602. The van der Waals surface area contributed by atoms with E-state index < -0.39 is 10.0 Å². The molecule has 1 atom stereocenters. The number of nitrogens with zero attached hydrogens (tertiary/aromatic N) is 2. The quantitative estimate of drug-likeness (QED) is 0.855. The Labute approximate surface area is 131 Å². The number of sulfonamides is 1. The van der Waals surface area contributed by atoms with Gasteiger partial charge in [-0.25, -0.2) is 12.7 Å². The van der Waals surface area contributed by atoms with E-state index in [1.54, 1.807) is 16.4 Å². The van der Waals surface area contributed by atoms with Gasteiger partial charge >= 0.3 is 0 Å². The Morgan fingerprint density at radius 1 is 1.14 bits per heavy atom. The Morgan fingerprint density at radius 2 is 1.90 bits per heavy atom. The lowest BCUT2D eigenvalue weighted by molar-refractivity contribution is 0.257. The highest BCUT2D eigenvalue weighted by atomic mass is 35.5. The summed E-state index contributed by atoms with van der Waals surface area (Å²) in [5.41, 5.74) is 0.687. The van der Waals surface area contributed by atoms with Crippen LogP contribution in [-0.2, 0) is 15.8 Å². The molecule has 0 amide bonds. The molecule has 1 aromatic rings. The molecule has 2 fully saturated rings. The van der Waals surface area contributed by atoms with Crippen molar-refractivity contribution >= 4 is 21.6 Å². The molecule has 0 aliphatic carbocycles. The predicted octanol–water partition coefficient (Wildman–Crippen LogP) is 2.34. The van der Waals surface area contributed by atoms with Gasteiger partial charge in [-0.15, -0.1) is 0 Å². The highest BCUT2D eigenvalue weighted by Crippen LogP contribution is 2.25. The van der Waals surface area contributed by atoms with Gasteiger partial charge in [0.15, 0.2) is 0 Å². The molecule has 0 aromatic heterocycles. The standard InChI is InChI=1S/C15H21ClN2O2S/c16-15-7-2-1-5-13(15)12-21(19,20)18-10-4-9-17-8-3-6-14(17)11-18/h1-2,5,7,14H,3-4,6,8-12H2/t14-/m0/s1. The van der Waals surface area contributed by atoms with E-state index in [2.05, 4.69) is 4.90 Å². The van der Waals surface area contributed by atoms with Crippen molar-refractivity contribution in [1.29, 1.82) is 0 Å². The molecule has 0 unspecified atom stereocenters. The first-order chi connectivity index (χ1) is 10.1. The second-order valence-electron chi connectivity index (χ2n) is 5.89. The first kappa shape index (κ1) is 15.3. The van der Waals surface area contributed by atoms with E-state index >= 15 is 0 Å². The summed E-state index contributed by atoms with van der Waals surface area (Å²) >= 11 is 6.10. The molecule has 1 aromatic carbocycles. The minimum Gasteiger partial charge on any atom is -0.299 e. The molecule has 0 N–H and O–H groups in total. The number of rotatable bonds is 3. The third kappa shape index (κ3) is 3.42. The Bertz CT molecular complexity index is 605. The predicted molar refractivity (Wildman–Crippen MR) is 84.9 cm³/mol. The van der Waals surface area contributed by atoms with Crippen molar-refractivity contribution in [3.8, 4) is 0 Å². The van der Waals surface area contributed by atoms with Crippen LogP contribution in [0, 0.1) is 0 Å². The molecular weight excluding hydrogens is 308 g/mol. The zero-order chi connectivity index (χ0) is 14.9. The monoisotopic (exact) mass is 328 g/mol. The number of benzene rings is 1. The van der Waals surface area contributed by atoms with Gasteiger partial charge in [0.25, 0.3) is 0 Å². The number of hydrogen-bond donors (Lipinski definition) is 0. The first-order valence-electron chi connectivity index (χ1n) is 7.51. The van der Waals surface area contributed by atoms with Gasteiger partial charge in [-0.05, 0) is 44.0 Å². The summed E-state index contributed by atoms with van der Waals surface area (Å²) < 4.78 is 27.1. The van der Waals surface area contributed by atoms with Crippen molar-refractivity contribution in [3.63, 3.8) is 0 Å². The third-order valence-corrected chi connectivity index (χ3v) is 6.62. The van der Waals surface area contributed by atoms with Gasteiger partial charge in [0.2, 0.25) is 10.0 Å². The molecule has 0 radical (unpaired) electrons. The van der Waals surface area contributed by atoms with Crippen molar-refractivity contribution in [2.75, 3.05) is 26.2 Å². The summed E-state index contributed by atoms with van der Waals surface area (Å²) in [6.07, 6.45) is 3.21. The molecule has 0 spiro atoms. The van der Waals surface area contributed by atoms with Crippen LogP contribution in [-0.4, -0.2) is 49.8 Å². The summed E-state index contributed by atoms with van der Waals surface area (Å²) in [7, 11) is -3.30. The lowest BCUT2D eigenvalue weighted by Gasteiger charge is -2.25. The topological polar surface area (TPSA) is 40.6 Å². The van der Waals surface area contributed by atoms with E-state index in [0.717, 1.165) is 25.9 Å². The van der Waals surface area contributed by atoms with Gasteiger partial charge in [-0.2, -0.15) is 0 Å². The van der Waals surface area contributed by atoms with Gasteiger partial charge in [0.1, 0.15) is 0 Å². The maximum Gasteiger partial charge on any atom is 0.218 e. The average Bonchev–Trinajstić information content (AvgIpc) is 2.78. The smallest absolute Gasteiger partial charge is 0.218 e. The van der Waals surface area contributed by atoms with Crippen LogP contribution in [0.15, 0.2) is 24.3 Å². The maximum atomic E-state index is 12.7. The van der Waals surface area contributed by atoms with E-state index in [-0.39, 0.29) is 5.75 Å². The molecule has 2 aliphatic heterocycles. The van der Waals surface area contributed by atoms with Crippen LogP contribution in [0.3, 0.4) is 0 Å². The fourth-order valence-electron chi connectivity index (χ4n) is 3.33. The SMILES string of the molecule is O=S(=O)(Cc1ccccc1Cl)N1CCCN2CCC[C@H]2C1. The van der Waals surface area contributed by atoms with Crippen molar-refractivity contribution in [2.24, 2.45) is 0 Å². The highest BCUT2D eigenvalue weighted by Gasteiger charge is 2.33. The largest absolute Gasteiger partial charge is 0.299 e. The normalized spacial score (nSPS) is 24.7. The van der Waals surface area contributed by atoms with Crippen molar-refractivity contribution in [1.82, 2.24) is 9.21 Å². The molecular formula is C15H21ClN2O2S. The van der Waals surface area contributed by atoms with Crippen LogP contribution in [0.4, 0.5) is 0 Å². The Morgan fingerprint density at radius 3 is 2.71 bits per heavy atom. The maximum absolute atomic E-state index is 12.7. The molecule has 2 aliphatic rings. The summed E-state index contributed by atoms with van der Waals surface area (Å²) in [6, 6.07) is 7.58. The molecule has 21 heavy (non-hydrogen) atoms. The number of hydrogen-bond acceptors (Lipinski definition) is 3. The molecule has 116 valence electrons. The fourth-order valence-corrected chi connectivity index (χ4v) is 5.24. The zero-order valence-electron chi connectivity index (χ0n) is 12.0. The van der Waals surface area contributed by atoms with E-state index in [1.165, 1.54) is 6.42 Å². The zero-order valence-corrected chi connectivity index (χ0v) is 13.6. The van der Waals surface area contributed by atoms with Crippen LogP contribution in [0.25, 0.3) is 0 Å². The minimum absolute atomic E-state index is 0.000602. The minimum atomic E-state index is -3.30.